The average molecular weight is 362 g/mol. The molecule has 0 spiro atoms. The Bertz CT molecular complexity index is 963. The number of thiazole rings is 1. The van der Waals surface area contributed by atoms with E-state index < -0.39 is 9.84 Å². The van der Waals surface area contributed by atoms with Crippen molar-refractivity contribution in [1.82, 2.24) is 4.98 Å². The molecule has 0 fully saturated rings. The second-order valence-electron chi connectivity index (χ2n) is 5.25. The first-order chi connectivity index (χ1) is 11.4. The molecule has 0 aliphatic heterocycles. The van der Waals surface area contributed by atoms with Crippen LogP contribution in [0.4, 0.5) is 9.52 Å². The van der Waals surface area contributed by atoms with Crippen LogP contribution in [0.15, 0.2) is 53.4 Å². The third-order valence-corrected chi connectivity index (χ3v) is 5.75. The Labute approximate surface area is 143 Å². The molecule has 0 unspecified atom stereocenters. The smallest absolute Gasteiger partial charge is 0.183 e. The van der Waals surface area contributed by atoms with E-state index in [0.717, 1.165) is 26.8 Å². The first-order valence-electron chi connectivity index (χ1n) is 7.13. The summed E-state index contributed by atoms with van der Waals surface area (Å²) >= 11 is 1.46. The van der Waals surface area contributed by atoms with Gasteiger partial charge in [-0.1, -0.05) is 23.5 Å². The van der Waals surface area contributed by atoms with E-state index in [1.807, 2.05) is 0 Å². The van der Waals surface area contributed by atoms with E-state index in [-0.39, 0.29) is 10.7 Å². The van der Waals surface area contributed by atoms with Gasteiger partial charge in [0.05, 0.1) is 15.5 Å². The molecule has 0 radical (unpaired) electrons. The molecule has 0 atom stereocenters. The predicted octanol–water partition coefficient (Wildman–Crippen LogP) is 4.06. The molecule has 1 heterocycles. The van der Waals surface area contributed by atoms with E-state index in [2.05, 4.69) is 10.3 Å². The van der Waals surface area contributed by atoms with Crippen LogP contribution in [-0.2, 0) is 9.84 Å². The Morgan fingerprint density at radius 2 is 1.58 bits per heavy atom. The van der Waals surface area contributed by atoms with Gasteiger partial charge in [0.25, 0.3) is 0 Å². The SMILES string of the molecule is CNc1nc(-c2ccc(F)cc2)c(-c2ccc(S(C)(=O)=O)cc2)s1. The molecule has 0 amide bonds. The molecule has 3 aromatic rings. The number of rotatable bonds is 4. The summed E-state index contributed by atoms with van der Waals surface area (Å²) in [6.07, 6.45) is 1.18. The van der Waals surface area contributed by atoms with Crippen molar-refractivity contribution in [3.05, 3.63) is 54.3 Å². The quantitative estimate of drug-likeness (QED) is 0.760. The van der Waals surface area contributed by atoms with Crippen LogP contribution < -0.4 is 5.32 Å². The first kappa shape index (κ1) is 16.6. The fraction of sp³-hybridized carbons (Fsp3) is 0.118. The average Bonchev–Trinajstić information content (AvgIpc) is 2.99. The molecule has 1 aromatic heterocycles. The van der Waals surface area contributed by atoms with Gasteiger partial charge in [-0.25, -0.2) is 17.8 Å². The molecule has 0 saturated heterocycles. The lowest BCUT2D eigenvalue weighted by molar-refractivity contribution is 0.602. The molecular formula is C17H15FN2O2S2. The van der Waals surface area contributed by atoms with E-state index in [9.17, 15) is 12.8 Å². The zero-order valence-electron chi connectivity index (χ0n) is 13.1. The van der Waals surface area contributed by atoms with Gasteiger partial charge < -0.3 is 5.32 Å². The fourth-order valence-corrected chi connectivity index (χ4v) is 3.86. The van der Waals surface area contributed by atoms with Crippen LogP contribution in [0.1, 0.15) is 0 Å². The van der Waals surface area contributed by atoms with Crippen molar-refractivity contribution in [3.63, 3.8) is 0 Å². The molecule has 0 bridgehead atoms. The molecular weight excluding hydrogens is 347 g/mol. The highest BCUT2D eigenvalue weighted by Gasteiger charge is 2.15. The molecule has 7 heteroatoms. The third kappa shape index (κ3) is 3.32. The Morgan fingerprint density at radius 3 is 2.12 bits per heavy atom. The fourth-order valence-electron chi connectivity index (χ4n) is 2.28. The second kappa shape index (κ2) is 6.33. The maximum Gasteiger partial charge on any atom is 0.183 e. The summed E-state index contributed by atoms with van der Waals surface area (Å²) in [5.74, 6) is -0.304. The van der Waals surface area contributed by atoms with Gasteiger partial charge in [0.1, 0.15) is 5.82 Å². The van der Waals surface area contributed by atoms with Crippen molar-refractivity contribution in [2.24, 2.45) is 0 Å². The van der Waals surface area contributed by atoms with Crippen LogP contribution in [0.3, 0.4) is 0 Å². The summed E-state index contributed by atoms with van der Waals surface area (Å²) in [4.78, 5) is 5.71. The Balaban J connectivity index is 2.10. The van der Waals surface area contributed by atoms with Crippen molar-refractivity contribution in [2.45, 2.75) is 4.90 Å². The first-order valence-corrected chi connectivity index (χ1v) is 9.84. The highest BCUT2D eigenvalue weighted by atomic mass is 32.2. The number of nitrogens with one attached hydrogen (secondary N) is 1. The Kier molecular flexibility index (Phi) is 4.38. The second-order valence-corrected chi connectivity index (χ2v) is 8.26. The number of aromatic nitrogens is 1. The number of sulfone groups is 1. The highest BCUT2D eigenvalue weighted by molar-refractivity contribution is 7.90. The van der Waals surface area contributed by atoms with Gasteiger partial charge in [-0.3, -0.25) is 0 Å². The summed E-state index contributed by atoms with van der Waals surface area (Å²) in [6.45, 7) is 0. The van der Waals surface area contributed by atoms with Crippen molar-refractivity contribution < 1.29 is 12.8 Å². The lowest BCUT2D eigenvalue weighted by Crippen LogP contribution is -1.96. The van der Waals surface area contributed by atoms with E-state index in [1.165, 1.54) is 29.7 Å². The number of hydrogen-bond donors (Lipinski definition) is 1. The lowest BCUT2D eigenvalue weighted by Gasteiger charge is -2.04. The zero-order chi connectivity index (χ0) is 17.3. The van der Waals surface area contributed by atoms with Crippen LogP contribution in [0.5, 0.6) is 0 Å². The van der Waals surface area contributed by atoms with Gasteiger partial charge in [-0.15, -0.1) is 0 Å². The molecule has 0 aliphatic carbocycles. The lowest BCUT2D eigenvalue weighted by atomic mass is 10.1. The summed E-state index contributed by atoms with van der Waals surface area (Å²) in [5, 5.41) is 3.74. The number of nitrogens with zero attached hydrogens (tertiary/aromatic N) is 1. The molecule has 3 rings (SSSR count). The van der Waals surface area contributed by atoms with Gasteiger partial charge in [0.15, 0.2) is 15.0 Å². The molecule has 1 N–H and O–H groups in total. The zero-order valence-corrected chi connectivity index (χ0v) is 14.7. The normalized spacial score (nSPS) is 11.5. The van der Waals surface area contributed by atoms with Crippen molar-refractivity contribution >= 4 is 26.3 Å². The van der Waals surface area contributed by atoms with Crippen LogP contribution in [0.25, 0.3) is 21.7 Å². The number of hydrogen-bond acceptors (Lipinski definition) is 5. The molecule has 4 nitrogen and oxygen atoms in total. The summed E-state index contributed by atoms with van der Waals surface area (Å²) in [7, 11) is -1.45. The summed E-state index contributed by atoms with van der Waals surface area (Å²) in [6, 6.07) is 12.8. The van der Waals surface area contributed by atoms with E-state index in [4.69, 9.17) is 0 Å². The minimum Gasteiger partial charge on any atom is -0.365 e. The van der Waals surface area contributed by atoms with Gasteiger partial charge in [0, 0.05) is 18.9 Å². The summed E-state index contributed by atoms with van der Waals surface area (Å²) in [5.41, 5.74) is 2.40. The van der Waals surface area contributed by atoms with Gasteiger partial charge in [0.2, 0.25) is 0 Å². The van der Waals surface area contributed by atoms with Crippen LogP contribution >= 0.6 is 11.3 Å². The Morgan fingerprint density at radius 1 is 1.00 bits per heavy atom. The minimum absolute atomic E-state index is 0.271. The van der Waals surface area contributed by atoms with Crippen molar-refractivity contribution in [2.75, 3.05) is 18.6 Å². The monoisotopic (exact) mass is 362 g/mol. The van der Waals surface area contributed by atoms with E-state index >= 15 is 0 Å². The molecule has 0 saturated carbocycles. The van der Waals surface area contributed by atoms with E-state index in [0.29, 0.717) is 0 Å². The summed E-state index contributed by atoms with van der Waals surface area (Å²) < 4.78 is 36.4. The third-order valence-electron chi connectivity index (χ3n) is 3.50. The maximum atomic E-state index is 13.2. The number of benzene rings is 2. The largest absolute Gasteiger partial charge is 0.365 e. The van der Waals surface area contributed by atoms with Crippen LogP contribution in [-0.4, -0.2) is 26.7 Å². The number of anilines is 1. The maximum absolute atomic E-state index is 13.2. The van der Waals surface area contributed by atoms with Crippen LogP contribution in [0, 0.1) is 5.82 Å². The predicted molar refractivity (Wildman–Crippen MR) is 95.6 cm³/mol. The van der Waals surface area contributed by atoms with Gasteiger partial charge in [-0.2, -0.15) is 0 Å². The van der Waals surface area contributed by atoms with Gasteiger partial charge >= 0.3 is 0 Å². The van der Waals surface area contributed by atoms with Gasteiger partial charge in [-0.05, 0) is 42.0 Å². The minimum atomic E-state index is -3.23. The van der Waals surface area contributed by atoms with E-state index in [1.54, 1.807) is 43.4 Å². The van der Waals surface area contributed by atoms with Crippen molar-refractivity contribution in [3.8, 4) is 21.7 Å². The molecule has 124 valence electrons. The standard InChI is InChI=1S/C17H15FN2O2S2/c1-19-17-20-15(11-3-7-13(18)8-4-11)16(23-17)12-5-9-14(10-6-12)24(2,21)22/h3-10H,1-2H3,(H,19,20). The molecule has 0 aliphatic rings. The Hall–Kier alpha value is -2.25. The number of halogens is 1. The highest BCUT2D eigenvalue weighted by Crippen LogP contribution is 2.39. The van der Waals surface area contributed by atoms with Crippen LogP contribution in [0.2, 0.25) is 0 Å². The molecule has 24 heavy (non-hydrogen) atoms. The van der Waals surface area contributed by atoms with Crippen molar-refractivity contribution in [1.29, 1.82) is 0 Å². The topological polar surface area (TPSA) is 59.1 Å². The molecule has 2 aromatic carbocycles.